The maximum absolute atomic E-state index is 13.9. The van der Waals surface area contributed by atoms with E-state index in [4.69, 9.17) is 0 Å². The average Bonchev–Trinajstić information content (AvgIpc) is 2.37. The van der Waals surface area contributed by atoms with Gasteiger partial charge in [0.1, 0.15) is 11.6 Å². The fourth-order valence-corrected chi connectivity index (χ4v) is 2.71. The third-order valence-electron chi connectivity index (χ3n) is 3.03. The zero-order valence-corrected chi connectivity index (χ0v) is 12.0. The van der Waals surface area contributed by atoms with Crippen LogP contribution in [0.1, 0.15) is 17.2 Å². The van der Waals surface area contributed by atoms with Crippen molar-refractivity contribution in [1.82, 2.24) is 5.32 Å². The standard InChI is InChI=1S/C15H14BrF2N/c1-19-14(9-10-4-2-5-11(17)8-10)15-12(16)6-3-7-13(15)18/h2-8,14,19H,9H2,1H3. The van der Waals surface area contributed by atoms with E-state index in [9.17, 15) is 8.78 Å². The molecule has 0 aliphatic carbocycles. The minimum atomic E-state index is -0.278. The quantitative estimate of drug-likeness (QED) is 0.887. The van der Waals surface area contributed by atoms with Crippen molar-refractivity contribution in [1.29, 1.82) is 0 Å². The summed E-state index contributed by atoms with van der Waals surface area (Å²) in [4.78, 5) is 0. The predicted octanol–water partition coefficient (Wildman–Crippen LogP) is 4.23. The van der Waals surface area contributed by atoms with Crippen LogP contribution < -0.4 is 5.32 Å². The molecule has 0 spiro atoms. The molecule has 0 saturated heterocycles. The van der Waals surface area contributed by atoms with Crippen molar-refractivity contribution in [3.63, 3.8) is 0 Å². The molecule has 1 N–H and O–H groups in total. The van der Waals surface area contributed by atoms with Gasteiger partial charge in [-0.25, -0.2) is 8.78 Å². The largest absolute Gasteiger partial charge is 0.313 e. The van der Waals surface area contributed by atoms with Crippen LogP contribution in [0.25, 0.3) is 0 Å². The molecule has 1 nitrogen and oxygen atoms in total. The van der Waals surface area contributed by atoms with E-state index in [-0.39, 0.29) is 17.7 Å². The predicted molar refractivity (Wildman–Crippen MR) is 76.0 cm³/mol. The lowest BCUT2D eigenvalue weighted by Gasteiger charge is -2.19. The van der Waals surface area contributed by atoms with Gasteiger partial charge in [-0.15, -0.1) is 0 Å². The van der Waals surface area contributed by atoms with E-state index in [1.807, 2.05) is 6.07 Å². The van der Waals surface area contributed by atoms with Crippen LogP contribution in [0.4, 0.5) is 8.78 Å². The number of likely N-dealkylation sites (N-methyl/N-ethyl adjacent to an activating group) is 1. The molecule has 0 fully saturated rings. The summed E-state index contributed by atoms with van der Waals surface area (Å²) in [7, 11) is 1.77. The first-order chi connectivity index (χ1) is 9.11. The maximum Gasteiger partial charge on any atom is 0.129 e. The topological polar surface area (TPSA) is 12.0 Å². The van der Waals surface area contributed by atoms with Crippen molar-refractivity contribution in [2.24, 2.45) is 0 Å². The van der Waals surface area contributed by atoms with Gasteiger partial charge in [-0.1, -0.05) is 34.1 Å². The molecule has 0 aliphatic rings. The average molecular weight is 326 g/mol. The van der Waals surface area contributed by atoms with E-state index >= 15 is 0 Å². The third kappa shape index (κ3) is 3.39. The fourth-order valence-electron chi connectivity index (χ4n) is 2.09. The van der Waals surface area contributed by atoms with Crippen LogP contribution >= 0.6 is 15.9 Å². The number of rotatable bonds is 4. The lowest BCUT2D eigenvalue weighted by molar-refractivity contribution is 0.530. The fraction of sp³-hybridized carbons (Fsp3) is 0.200. The van der Waals surface area contributed by atoms with Crippen LogP contribution in [0.3, 0.4) is 0 Å². The van der Waals surface area contributed by atoms with Gasteiger partial charge in [-0.2, -0.15) is 0 Å². The highest BCUT2D eigenvalue weighted by molar-refractivity contribution is 9.10. The molecule has 2 aromatic rings. The summed E-state index contributed by atoms with van der Waals surface area (Å²) in [6.07, 6.45) is 0.522. The normalized spacial score (nSPS) is 12.4. The molecule has 0 aliphatic heterocycles. The Bertz CT molecular complexity index is 552. The molecule has 0 aromatic heterocycles. The van der Waals surface area contributed by atoms with E-state index in [0.29, 0.717) is 16.5 Å². The third-order valence-corrected chi connectivity index (χ3v) is 3.72. The number of nitrogens with one attached hydrogen (secondary N) is 1. The summed E-state index contributed by atoms with van der Waals surface area (Å²) in [5.41, 5.74) is 1.39. The lowest BCUT2D eigenvalue weighted by atomic mass is 9.98. The van der Waals surface area contributed by atoms with Crippen molar-refractivity contribution in [2.75, 3.05) is 7.05 Å². The van der Waals surface area contributed by atoms with Crippen LogP contribution in [-0.4, -0.2) is 7.05 Å². The van der Waals surface area contributed by atoms with E-state index in [2.05, 4.69) is 21.2 Å². The molecule has 1 atom stereocenters. The van der Waals surface area contributed by atoms with Crippen molar-refractivity contribution in [2.45, 2.75) is 12.5 Å². The number of benzene rings is 2. The smallest absolute Gasteiger partial charge is 0.129 e. The molecule has 0 amide bonds. The van der Waals surface area contributed by atoms with Crippen molar-refractivity contribution >= 4 is 15.9 Å². The second-order valence-corrected chi connectivity index (χ2v) is 5.16. The molecular weight excluding hydrogens is 312 g/mol. The highest BCUT2D eigenvalue weighted by atomic mass is 79.9. The minimum Gasteiger partial charge on any atom is -0.313 e. The summed E-state index contributed by atoms with van der Waals surface area (Å²) in [6.45, 7) is 0. The van der Waals surface area contributed by atoms with Gasteiger partial charge in [-0.3, -0.25) is 0 Å². The van der Waals surface area contributed by atoms with E-state index in [1.54, 1.807) is 25.2 Å². The SMILES string of the molecule is CNC(Cc1cccc(F)c1)c1c(F)cccc1Br. The van der Waals surface area contributed by atoms with Gasteiger partial charge in [0, 0.05) is 16.1 Å². The molecule has 100 valence electrons. The molecule has 1 unspecified atom stereocenters. The molecule has 19 heavy (non-hydrogen) atoms. The van der Waals surface area contributed by atoms with Crippen LogP contribution in [0.15, 0.2) is 46.9 Å². The second kappa shape index (κ2) is 6.26. The van der Waals surface area contributed by atoms with Crippen LogP contribution in [0, 0.1) is 11.6 Å². The number of hydrogen-bond acceptors (Lipinski definition) is 1. The molecule has 0 bridgehead atoms. The summed E-state index contributed by atoms with van der Waals surface area (Å²) < 4.78 is 27.8. The molecule has 4 heteroatoms. The van der Waals surface area contributed by atoms with Gasteiger partial charge in [0.05, 0.1) is 0 Å². The Morgan fingerprint density at radius 2 is 1.89 bits per heavy atom. The minimum absolute atomic E-state index is 0.211. The van der Waals surface area contributed by atoms with Crippen molar-refractivity contribution < 1.29 is 8.78 Å². The Kier molecular flexibility index (Phi) is 4.66. The summed E-state index contributed by atoms with van der Waals surface area (Å²) in [6, 6.07) is 11.0. The Labute approximate surface area is 119 Å². The Hall–Kier alpha value is -1.26. The lowest BCUT2D eigenvalue weighted by Crippen LogP contribution is -2.20. The van der Waals surface area contributed by atoms with Gasteiger partial charge in [-0.05, 0) is 43.3 Å². The van der Waals surface area contributed by atoms with E-state index in [0.717, 1.165) is 5.56 Å². The zero-order chi connectivity index (χ0) is 13.8. The molecular formula is C15H14BrF2N. The molecule has 0 saturated carbocycles. The molecule has 2 aromatic carbocycles. The first-order valence-corrected chi connectivity index (χ1v) is 6.76. The summed E-state index contributed by atoms with van der Waals surface area (Å²) in [5, 5.41) is 3.08. The highest BCUT2D eigenvalue weighted by Gasteiger charge is 2.17. The maximum atomic E-state index is 13.9. The first kappa shape index (κ1) is 14.2. The number of hydrogen-bond donors (Lipinski definition) is 1. The van der Waals surface area contributed by atoms with Gasteiger partial charge in [0.25, 0.3) is 0 Å². The molecule has 0 heterocycles. The summed E-state index contributed by atoms with van der Waals surface area (Å²) >= 11 is 3.36. The van der Waals surface area contributed by atoms with Crippen molar-refractivity contribution in [3.05, 3.63) is 69.7 Å². The van der Waals surface area contributed by atoms with Crippen molar-refractivity contribution in [3.8, 4) is 0 Å². The van der Waals surface area contributed by atoms with Gasteiger partial charge in [0.15, 0.2) is 0 Å². The number of halogens is 3. The van der Waals surface area contributed by atoms with Gasteiger partial charge >= 0.3 is 0 Å². The Morgan fingerprint density at radius 1 is 1.16 bits per heavy atom. The zero-order valence-electron chi connectivity index (χ0n) is 10.5. The van der Waals surface area contributed by atoms with Gasteiger partial charge < -0.3 is 5.32 Å². The Morgan fingerprint density at radius 3 is 2.53 bits per heavy atom. The van der Waals surface area contributed by atoms with Crippen LogP contribution in [0.2, 0.25) is 0 Å². The van der Waals surface area contributed by atoms with E-state index in [1.165, 1.54) is 18.2 Å². The second-order valence-electron chi connectivity index (χ2n) is 4.31. The van der Waals surface area contributed by atoms with Gasteiger partial charge in [0.2, 0.25) is 0 Å². The monoisotopic (exact) mass is 325 g/mol. The van der Waals surface area contributed by atoms with E-state index < -0.39 is 0 Å². The van der Waals surface area contributed by atoms with Crippen LogP contribution in [0.5, 0.6) is 0 Å². The summed E-state index contributed by atoms with van der Waals surface area (Å²) in [5.74, 6) is -0.551. The first-order valence-electron chi connectivity index (χ1n) is 5.97. The van der Waals surface area contributed by atoms with Crippen LogP contribution in [-0.2, 0) is 6.42 Å². The Balaban J connectivity index is 2.30. The molecule has 0 radical (unpaired) electrons. The highest BCUT2D eigenvalue weighted by Crippen LogP contribution is 2.28. The molecule has 2 rings (SSSR count).